The van der Waals surface area contributed by atoms with Gasteiger partial charge in [-0.05, 0) is 39.3 Å². The van der Waals surface area contributed by atoms with Gasteiger partial charge >= 0.3 is 5.97 Å². The van der Waals surface area contributed by atoms with Crippen LogP contribution in [0, 0.1) is 13.8 Å². The van der Waals surface area contributed by atoms with E-state index in [0.29, 0.717) is 33.7 Å². The quantitative estimate of drug-likeness (QED) is 0.467. The van der Waals surface area contributed by atoms with Crippen LogP contribution in [0.4, 0.5) is 5.82 Å². The summed E-state index contributed by atoms with van der Waals surface area (Å²) in [5.74, 6) is 0.0464. The number of nitrogens with zero attached hydrogens (tertiary/aromatic N) is 2. The van der Waals surface area contributed by atoms with Gasteiger partial charge in [-0.25, -0.2) is 9.78 Å². The summed E-state index contributed by atoms with van der Waals surface area (Å²) in [6, 6.07) is 1.58. The molecule has 0 bridgehead atoms. The number of nitrogens with one attached hydrogen (secondary N) is 2. The van der Waals surface area contributed by atoms with Crippen LogP contribution in [0.2, 0.25) is 10.0 Å². The molecule has 2 heterocycles. The minimum Gasteiger partial charge on any atom is -0.462 e. The van der Waals surface area contributed by atoms with E-state index in [-0.39, 0.29) is 5.97 Å². The molecule has 0 saturated heterocycles. The minimum absolute atomic E-state index is 0.327. The monoisotopic (exact) mass is 368 g/mol. The summed E-state index contributed by atoms with van der Waals surface area (Å²) in [5.41, 5.74) is 6.24. The Hall–Kier alpha value is -2.05. The van der Waals surface area contributed by atoms with Crippen molar-refractivity contribution < 1.29 is 9.53 Å². The standard InChI is InChI=1S/C16H18Cl2N4O2/c1-5-24-16(23)13-8(2)14(20-9(13)3)10(4)21-22-15-12(18)6-11(17)7-19-15/h6-7,20H,5H2,1-4H3,(H,19,22)/b21-10+. The second kappa shape index (κ2) is 7.68. The van der Waals surface area contributed by atoms with Crippen molar-refractivity contribution in [3.63, 3.8) is 0 Å². The van der Waals surface area contributed by atoms with Crippen molar-refractivity contribution in [1.29, 1.82) is 0 Å². The Morgan fingerprint density at radius 3 is 2.75 bits per heavy atom. The molecular formula is C16H18Cl2N4O2. The zero-order chi connectivity index (χ0) is 17.9. The molecule has 0 fully saturated rings. The van der Waals surface area contributed by atoms with Gasteiger partial charge < -0.3 is 9.72 Å². The van der Waals surface area contributed by atoms with Crippen molar-refractivity contribution >= 4 is 40.7 Å². The molecule has 0 saturated carbocycles. The van der Waals surface area contributed by atoms with Gasteiger partial charge in [-0.3, -0.25) is 5.43 Å². The van der Waals surface area contributed by atoms with Gasteiger partial charge in [0.05, 0.1) is 33.6 Å². The predicted molar refractivity (Wildman–Crippen MR) is 96.3 cm³/mol. The van der Waals surface area contributed by atoms with Crippen LogP contribution in [0.3, 0.4) is 0 Å². The van der Waals surface area contributed by atoms with E-state index in [1.54, 1.807) is 13.0 Å². The van der Waals surface area contributed by atoms with Crippen LogP contribution in [0.25, 0.3) is 0 Å². The number of aromatic nitrogens is 2. The van der Waals surface area contributed by atoms with E-state index >= 15 is 0 Å². The first-order valence-corrected chi connectivity index (χ1v) is 8.08. The van der Waals surface area contributed by atoms with E-state index in [9.17, 15) is 4.79 Å². The van der Waals surface area contributed by atoms with Gasteiger partial charge in [-0.2, -0.15) is 5.10 Å². The van der Waals surface area contributed by atoms with Crippen LogP contribution in [-0.4, -0.2) is 28.3 Å². The number of hydrogen-bond acceptors (Lipinski definition) is 5. The fourth-order valence-corrected chi connectivity index (χ4v) is 2.73. The molecule has 0 atom stereocenters. The van der Waals surface area contributed by atoms with Crippen LogP contribution in [0.5, 0.6) is 0 Å². The number of anilines is 1. The highest BCUT2D eigenvalue weighted by atomic mass is 35.5. The summed E-state index contributed by atoms with van der Waals surface area (Å²) in [6.07, 6.45) is 1.48. The first-order chi connectivity index (χ1) is 11.3. The fourth-order valence-electron chi connectivity index (χ4n) is 2.31. The van der Waals surface area contributed by atoms with E-state index in [0.717, 1.165) is 17.0 Å². The molecular weight excluding hydrogens is 351 g/mol. The summed E-state index contributed by atoms with van der Waals surface area (Å²) >= 11 is 11.9. The Bertz CT molecular complexity index is 800. The average molecular weight is 369 g/mol. The van der Waals surface area contributed by atoms with Gasteiger partial charge in [0.1, 0.15) is 0 Å². The lowest BCUT2D eigenvalue weighted by atomic mass is 10.1. The molecule has 6 nitrogen and oxygen atoms in total. The zero-order valence-electron chi connectivity index (χ0n) is 13.8. The average Bonchev–Trinajstić information content (AvgIpc) is 2.81. The largest absolute Gasteiger partial charge is 0.462 e. The molecule has 0 aliphatic carbocycles. The first kappa shape index (κ1) is 18.3. The normalized spacial score (nSPS) is 11.5. The number of carbonyl (C=O) groups is 1. The molecule has 2 aromatic heterocycles. The van der Waals surface area contributed by atoms with Gasteiger partial charge in [0, 0.05) is 11.9 Å². The Kier molecular flexibility index (Phi) is 5.85. The lowest BCUT2D eigenvalue weighted by Crippen LogP contribution is -2.07. The summed E-state index contributed by atoms with van der Waals surface area (Å²) in [4.78, 5) is 19.3. The number of esters is 1. The van der Waals surface area contributed by atoms with Crippen LogP contribution in [0.1, 0.15) is 41.2 Å². The van der Waals surface area contributed by atoms with Crippen LogP contribution in [-0.2, 0) is 4.74 Å². The molecule has 24 heavy (non-hydrogen) atoms. The molecule has 0 aromatic carbocycles. The molecule has 0 spiro atoms. The van der Waals surface area contributed by atoms with Crippen molar-refractivity contribution in [2.24, 2.45) is 5.10 Å². The number of ether oxygens (including phenoxy) is 1. The third-order valence-corrected chi connectivity index (χ3v) is 3.91. The van der Waals surface area contributed by atoms with Gasteiger partial charge in [0.15, 0.2) is 5.82 Å². The van der Waals surface area contributed by atoms with Gasteiger partial charge in [-0.1, -0.05) is 23.2 Å². The number of carbonyl (C=O) groups excluding carboxylic acids is 1. The zero-order valence-corrected chi connectivity index (χ0v) is 15.3. The third-order valence-electron chi connectivity index (χ3n) is 3.42. The second-order valence-corrected chi connectivity index (χ2v) is 5.98. The van der Waals surface area contributed by atoms with Crippen molar-refractivity contribution in [3.8, 4) is 0 Å². The Labute approximate surface area is 150 Å². The van der Waals surface area contributed by atoms with E-state index < -0.39 is 0 Å². The number of halogens is 2. The highest BCUT2D eigenvalue weighted by Crippen LogP contribution is 2.23. The lowest BCUT2D eigenvalue weighted by molar-refractivity contribution is 0.0525. The maximum absolute atomic E-state index is 12.0. The first-order valence-electron chi connectivity index (χ1n) is 7.33. The van der Waals surface area contributed by atoms with E-state index in [4.69, 9.17) is 27.9 Å². The fraction of sp³-hybridized carbons (Fsp3) is 0.312. The highest BCUT2D eigenvalue weighted by Gasteiger charge is 2.20. The van der Waals surface area contributed by atoms with Crippen molar-refractivity contribution in [3.05, 3.63) is 44.8 Å². The Balaban J connectivity index is 2.28. The number of hydrogen-bond donors (Lipinski definition) is 2. The Morgan fingerprint density at radius 1 is 1.42 bits per heavy atom. The number of rotatable bonds is 5. The Morgan fingerprint density at radius 2 is 2.12 bits per heavy atom. The molecule has 0 aliphatic heterocycles. The number of H-pyrrole nitrogens is 1. The molecule has 8 heteroatoms. The van der Waals surface area contributed by atoms with Gasteiger partial charge in [-0.15, -0.1) is 0 Å². The highest BCUT2D eigenvalue weighted by molar-refractivity contribution is 6.35. The van der Waals surface area contributed by atoms with Crippen molar-refractivity contribution in [2.75, 3.05) is 12.0 Å². The van der Waals surface area contributed by atoms with E-state index in [2.05, 4.69) is 20.5 Å². The molecule has 0 aliphatic rings. The summed E-state index contributed by atoms with van der Waals surface area (Å²) in [7, 11) is 0. The predicted octanol–water partition coefficient (Wildman–Crippen LogP) is 4.35. The van der Waals surface area contributed by atoms with E-state index in [1.807, 2.05) is 20.8 Å². The lowest BCUT2D eigenvalue weighted by Gasteiger charge is -2.05. The number of aromatic amines is 1. The van der Waals surface area contributed by atoms with Gasteiger partial charge in [0.25, 0.3) is 0 Å². The van der Waals surface area contributed by atoms with E-state index in [1.165, 1.54) is 6.20 Å². The number of aryl methyl sites for hydroxylation is 1. The number of pyridine rings is 1. The second-order valence-electron chi connectivity index (χ2n) is 5.14. The minimum atomic E-state index is -0.349. The molecule has 0 unspecified atom stereocenters. The molecule has 0 amide bonds. The maximum atomic E-state index is 12.0. The topological polar surface area (TPSA) is 79.4 Å². The number of hydrazone groups is 1. The van der Waals surface area contributed by atoms with Crippen LogP contribution < -0.4 is 5.43 Å². The molecule has 2 N–H and O–H groups in total. The molecule has 2 rings (SSSR count). The van der Waals surface area contributed by atoms with Crippen LogP contribution >= 0.6 is 23.2 Å². The summed E-state index contributed by atoms with van der Waals surface area (Å²) < 4.78 is 5.08. The summed E-state index contributed by atoms with van der Waals surface area (Å²) in [6.45, 7) is 7.58. The smallest absolute Gasteiger partial charge is 0.340 e. The maximum Gasteiger partial charge on any atom is 0.340 e. The third kappa shape index (κ3) is 3.88. The van der Waals surface area contributed by atoms with Crippen molar-refractivity contribution in [1.82, 2.24) is 9.97 Å². The molecule has 0 radical (unpaired) electrons. The molecule has 2 aromatic rings. The SMILES string of the molecule is CCOC(=O)c1c(C)[nH]c(/C(C)=N/Nc2ncc(Cl)cc2Cl)c1C. The van der Waals surface area contributed by atoms with Crippen LogP contribution in [0.15, 0.2) is 17.4 Å². The van der Waals surface area contributed by atoms with Crippen molar-refractivity contribution in [2.45, 2.75) is 27.7 Å². The summed E-state index contributed by atoms with van der Waals surface area (Å²) in [5, 5.41) is 5.08. The molecule has 128 valence electrons. The van der Waals surface area contributed by atoms with Gasteiger partial charge in [0.2, 0.25) is 0 Å².